The molecule has 5 nitrogen and oxygen atoms in total. The van der Waals surface area contributed by atoms with Crippen LogP contribution in [-0.2, 0) is 4.74 Å². The number of rotatable bonds is 10. The molecule has 5 heteroatoms. The molecule has 25 heavy (non-hydrogen) atoms. The number of phenols is 1. The van der Waals surface area contributed by atoms with E-state index in [4.69, 9.17) is 9.47 Å². The molecule has 0 aromatic heterocycles. The molecule has 1 atom stereocenters. The topological polar surface area (TPSA) is 76.0 Å². The average molecular weight is 344 g/mol. The first-order valence-corrected chi connectivity index (χ1v) is 8.43. The molecule has 0 spiro atoms. The molecule has 0 heterocycles. The zero-order valence-corrected chi connectivity index (χ0v) is 14.4. The predicted molar refractivity (Wildman–Crippen MR) is 95.2 cm³/mol. The Morgan fingerprint density at radius 1 is 1.12 bits per heavy atom. The highest BCUT2D eigenvalue weighted by Crippen LogP contribution is 2.26. The first-order valence-electron chi connectivity index (χ1n) is 8.43. The van der Waals surface area contributed by atoms with Gasteiger partial charge >= 0.3 is 0 Å². The molecule has 2 rings (SSSR count). The van der Waals surface area contributed by atoms with Crippen molar-refractivity contribution >= 4 is 5.78 Å². The van der Waals surface area contributed by atoms with Crippen molar-refractivity contribution in [1.82, 2.24) is 0 Å². The van der Waals surface area contributed by atoms with Gasteiger partial charge in [-0.15, -0.1) is 0 Å². The van der Waals surface area contributed by atoms with Gasteiger partial charge in [0.2, 0.25) is 0 Å². The Labute approximate surface area is 147 Å². The number of aliphatic hydroxyl groups excluding tert-OH is 1. The molecule has 0 saturated carbocycles. The molecule has 0 saturated heterocycles. The highest BCUT2D eigenvalue weighted by molar-refractivity contribution is 6.10. The number of ether oxygens (including phenoxy) is 2. The lowest BCUT2D eigenvalue weighted by atomic mass is 10.0. The monoisotopic (exact) mass is 344 g/mol. The Morgan fingerprint density at radius 3 is 2.56 bits per heavy atom. The summed E-state index contributed by atoms with van der Waals surface area (Å²) < 4.78 is 10.9. The summed E-state index contributed by atoms with van der Waals surface area (Å²) in [4.78, 5) is 12.4. The van der Waals surface area contributed by atoms with E-state index in [1.54, 1.807) is 36.4 Å². The first kappa shape index (κ1) is 19.0. The molecular weight excluding hydrogens is 320 g/mol. The summed E-state index contributed by atoms with van der Waals surface area (Å²) >= 11 is 0. The van der Waals surface area contributed by atoms with E-state index in [1.165, 1.54) is 6.07 Å². The largest absolute Gasteiger partial charge is 0.507 e. The molecule has 0 radical (unpaired) electrons. The zero-order valence-electron chi connectivity index (χ0n) is 14.4. The highest BCUT2D eigenvalue weighted by Gasteiger charge is 2.14. The van der Waals surface area contributed by atoms with Gasteiger partial charge in [-0.05, 0) is 18.6 Å². The van der Waals surface area contributed by atoms with Crippen LogP contribution >= 0.6 is 0 Å². The Balaban J connectivity index is 1.82. The van der Waals surface area contributed by atoms with Gasteiger partial charge in [-0.1, -0.05) is 37.3 Å². The Morgan fingerprint density at radius 2 is 1.88 bits per heavy atom. The first-order chi connectivity index (χ1) is 12.1. The number of carbonyl (C=O) groups excluding carboxylic acids is 1. The van der Waals surface area contributed by atoms with Crippen LogP contribution in [0.5, 0.6) is 11.5 Å². The fourth-order valence-corrected chi connectivity index (χ4v) is 2.23. The molecule has 0 aliphatic carbocycles. The van der Waals surface area contributed by atoms with Gasteiger partial charge in [0.25, 0.3) is 0 Å². The number of hydrogen-bond donors (Lipinski definition) is 2. The standard InChI is InChI=1S/C20H24O5/c1-2-16(21)14-24-11-6-12-25-17-9-10-18(19(22)13-17)20(23)15-7-4-3-5-8-15/h3-5,7-10,13,16,21-22H,2,6,11-12,14H2,1H3. The third-order valence-electron chi connectivity index (χ3n) is 3.73. The normalized spacial score (nSPS) is 11.9. The van der Waals surface area contributed by atoms with Crippen molar-refractivity contribution in [3.8, 4) is 11.5 Å². The van der Waals surface area contributed by atoms with Crippen LogP contribution in [0.1, 0.15) is 35.7 Å². The number of carbonyl (C=O) groups is 1. The minimum atomic E-state index is -0.424. The van der Waals surface area contributed by atoms with E-state index in [0.29, 0.717) is 44.0 Å². The van der Waals surface area contributed by atoms with Gasteiger partial charge in [0, 0.05) is 24.7 Å². The molecule has 134 valence electrons. The van der Waals surface area contributed by atoms with Crippen molar-refractivity contribution in [2.45, 2.75) is 25.9 Å². The lowest BCUT2D eigenvalue weighted by Crippen LogP contribution is -2.15. The number of benzene rings is 2. The van der Waals surface area contributed by atoms with E-state index in [1.807, 2.05) is 13.0 Å². The number of aromatic hydroxyl groups is 1. The lowest BCUT2D eigenvalue weighted by molar-refractivity contribution is 0.0307. The SMILES string of the molecule is CCC(O)COCCCOc1ccc(C(=O)c2ccccc2)c(O)c1. The van der Waals surface area contributed by atoms with Crippen molar-refractivity contribution in [2.24, 2.45) is 0 Å². The van der Waals surface area contributed by atoms with Gasteiger partial charge in [-0.25, -0.2) is 0 Å². The molecule has 0 fully saturated rings. The van der Waals surface area contributed by atoms with E-state index in [2.05, 4.69) is 0 Å². The minimum Gasteiger partial charge on any atom is -0.507 e. The summed E-state index contributed by atoms with van der Waals surface area (Å²) in [6, 6.07) is 13.5. The highest BCUT2D eigenvalue weighted by atomic mass is 16.5. The second kappa shape index (κ2) is 9.81. The maximum absolute atomic E-state index is 12.4. The third kappa shape index (κ3) is 5.89. The molecule has 0 bridgehead atoms. The second-order valence-electron chi connectivity index (χ2n) is 5.71. The Bertz CT molecular complexity index is 669. The fraction of sp³-hybridized carbons (Fsp3) is 0.350. The number of ketones is 1. The summed E-state index contributed by atoms with van der Waals surface area (Å²) in [5.74, 6) is 0.164. The van der Waals surface area contributed by atoms with Gasteiger partial charge in [0.1, 0.15) is 11.5 Å². The third-order valence-corrected chi connectivity index (χ3v) is 3.73. The molecule has 0 amide bonds. The van der Waals surface area contributed by atoms with Crippen LogP contribution in [0.3, 0.4) is 0 Å². The van der Waals surface area contributed by atoms with Gasteiger partial charge in [-0.3, -0.25) is 4.79 Å². The van der Waals surface area contributed by atoms with Gasteiger partial charge in [0.15, 0.2) is 5.78 Å². The summed E-state index contributed by atoms with van der Waals surface area (Å²) in [5.41, 5.74) is 0.772. The van der Waals surface area contributed by atoms with Crippen LogP contribution in [0.25, 0.3) is 0 Å². The van der Waals surface area contributed by atoms with Crippen molar-refractivity contribution < 1.29 is 24.5 Å². The second-order valence-corrected chi connectivity index (χ2v) is 5.71. The van der Waals surface area contributed by atoms with E-state index >= 15 is 0 Å². The van der Waals surface area contributed by atoms with E-state index < -0.39 is 6.10 Å². The van der Waals surface area contributed by atoms with Crippen LogP contribution < -0.4 is 4.74 Å². The summed E-state index contributed by atoms with van der Waals surface area (Å²) in [6.45, 7) is 3.14. The smallest absolute Gasteiger partial charge is 0.196 e. The molecule has 0 aliphatic rings. The number of phenolic OH excluding ortho intramolecular Hbond substituents is 1. The minimum absolute atomic E-state index is 0.103. The summed E-state index contributed by atoms with van der Waals surface area (Å²) in [6.07, 6.45) is 0.915. The van der Waals surface area contributed by atoms with Crippen LogP contribution in [0.4, 0.5) is 0 Å². The molecule has 2 N–H and O–H groups in total. The molecular formula is C20H24O5. The van der Waals surface area contributed by atoms with Crippen molar-refractivity contribution in [1.29, 1.82) is 0 Å². The molecule has 0 aliphatic heterocycles. The Kier molecular flexibility index (Phi) is 7.44. The number of aliphatic hydroxyl groups is 1. The summed E-state index contributed by atoms with van der Waals surface area (Å²) in [5, 5.41) is 19.5. The van der Waals surface area contributed by atoms with Gasteiger partial charge in [-0.2, -0.15) is 0 Å². The van der Waals surface area contributed by atoms with E-state index in [0.717, 1.165) is 0 Å². The molecule has 2 aromatic carbocycles. The van der Waals surface area contributed by atoms with Crippen LogP contribution in [0.15, 0.2) is 48.5 Å². The van der Waals surface area contributed by atoms with Crippen LogP contribution in [0, 0.1) is 0 Å². The van der Waals surface area contributed by atoms with Crippen molar-refractivity contribution in [3.63, 3.8) is 0 Å². The molecule has 2 aromatic rings. The Hall–Kier alpha value is -2.37. The van der Waals surface area contributed by atoms with E-state index in [9.17, 15) is 15.0 Å². The zero-order chi connectivity index (χ0) is 18.1. The average Bonchev–Trinajstić information content (AvgIpc) is 2.64. The van der Waals surface area contributed by atoms with Gasteiger partial charge < -0.3 is 19.7 Å². The fourth-order valence-electron chi connectivity index (χ4n) is 2.23. The van der Waals surface area contributed by atoms with Crippen LogP contribution in [0.2, 0.25) is 0 Å². The van der Waals surface area contributed by atoms with E-state index in [-0.39, 0.29) is 17.1 Å². The van der Waals surface area contributed by atoms with Gasteiger partial charge in [0.05, 0.1) is 24.9 Å². The lowest BCUT2D eigenvalue weighted by Gasteiger charge is -2.10. The maximum Gasteiger partial charge on any atom is 0.196 e. The van der Waals surface area contributed by atoms with Crippen LogP contribution in [-0.4, -0.2) is 41.9 Å². The van der Waals surface area contributed by atoms with Crippen molar-refractivity contribution in [3.05, 3.63) is 59.7 Å². The van der Waals surface area contributed by atoms with Crippen molar-refractivity contribution in [2.75, 3.05) is 19.8 Å². The molecule has 1 unspecified atom stereocenters. The predicted octanol–water partition coefficient (Wildman–Crippen LogP) is 3.18. The summed E-state index contributed by atoms with van der Waals surface area (Å²) in [7, 11) is 0. The number of hydrogen-bond acceptors (Lipinski definition) is 5. The quantitative estimate of drug-likeness (QED) is 0.511. The maximum atomic E-state index is 12.4.